The zero-order valence-corrected chi connectivity index (χ0v) is 12.0. The number of aliphatic hydroxyl groups excluding tert-OH is 1. The van der Waals surface area contributed by atoms with Gasteiger partial charge in [0.2, 0.25) is 5.91 Å². The topological polar surface area (TPSA) is 40.5 Å². The van der Waals surface area contributed by atoms with Gasteiger partial charge in [-0.05, 0) is 52.8 Å². The lowest BCUT2D eigenvalue weighted by atomic mass is 10.1. The van der Waals surface area contributed by atoms with Crippen LogP contribution in [0.15, 0.2) is 18.2 Å². The van der Waals surface area contributed by atoms with Gasteiger partial charge in [-0.3, -0.25) is 4.79 Å². The first-order valence-electron chi connectivity index (χ1n) is 5.85. The molecule has 1 aliphatic rings. The molecule has 1 unspecified atom stereocenters. The van der Waals surface area contributed by atoms with Crippen LogP contribution in [0.1, 0.15) is 18.9 Å². The number of carbonyl (C=O) groups excluding carboxylic acids is 1. The normalized spacial score (nSPS) is 20.1. The van der Waals surface area contributed by atoms with Crippen LogP contribution >= 0.6 is 22.6 Å². The fourth-order valence-electron chi connectivity index (χ4n) is 2.24. The largest absolute Gasteiger partial charge is 0.396 e. The number of carbonyl (C=O) groups is 1. The van der Waals surface area contributed by atoms with Crippen molar-refractivity contribution in [3.8, 4) is 0 Å². The molecule has 1 aromatic carbocycles. The van der Waals surface area contributed by atoms with Crippen molar-refractivity contribution in [3.63, 3.8) is 0 Å². The summed E-state index contributed by atoms with van der Waals surface area (Å²) < 4.78 is 1.19. The Morgan fingerprint density at radius 2 is 2.29 bits per heavy atom. The van der Waals surface area contributed by atoms with E-state index in [4.69, 9.17) is 5.11 Å². The van der Waals surface area contributed by atoms with Gasteiger partial charge in [-0.2, -0.15) is 0 Å². The summed E-state index contributed by atoms with van der Waals surface area (Å²) in [7, 11) is 0. The molecule has 0 radical (unpaired) electrons. The smallest absolute Gasteiger partial charge is 0.227 e. The van der Waals surface area contributed by atoms with Gasteiger partial charge in [0.05, 0.1) is 0 Å². The Kier molecular flexibility index (Phi) is 4.04. The molecule has 0 spiro atoms. The van der Waals surface area contributed by atoms with Gasteiger partial charge in [0.25, 0.3) is 0 Å². The lowest BCUT2D eigenvalue weighted by Gasteiger charge is -2.20. The number of nitrogens with zero attached hydrogens (tertiary/aromatic N) is 1. The molecule has 1 fully saturated rings. The van der Waals surface area contributed by atoms with E-state index >= 15 is 0 Å². The number of aryl methyl sites for hydroxylation is 1. The summed E-state index contributed by atoms with van der Waals surface area (Å²) in [5.41, 5.74) is 2.21. The van der Waals surface area contributed by atoms with Crippen LogP contribution in [-0.2, 0) is 11.2 Å². The van der Waals surface area contributed by atoms with E-state index in [0.717, 1.165) is 12.1 Å². The van der Waals surface area contributed by atoms with Gasteiger partial charge in [-0.25, -0.2) is 0 Å². The Morgan fingerprint density at radius 3 is 2.88 bits per heavy atom. The van der Waals surface area contributed by atoms with Gasteiger partial charge in [0.15, 0.2) is 0 Å². The molecular formula is C13H16INO2. The molecule has 92 valence electrons. The van der Waals surface area contributed by atoms with Gasteiger partial charge < -0.3 is 10.0 Å². The highest BCUT2D eigenvalue weighted by Crippen LogP contribution is 2.29. The van der Waals surface area contributed by atoms with E-state index in [1.807, 2.05) is 17.0 Å². The van der Waals surface area contributed by atoms with Gasteiger partial charge in [-0.1, -0.05) is 6.92 Å². The van der Waals surface area contributed by atoms with Crippen LogP contribution in [0, 0.1) is 9.49 Å². The van der Waals surface area contributed by atoms with Crippen LogP contribution < -0.4 is 4.90 Å². The third kappa shape index (κ3) is 2.63. The van der Waals surface area contributed by atoms with Crippen LogP contribution in [0.3, 0.4) is 0 Å². The summed E-state index contributed by atoms with van der Waals surface area (Å²) >= 11 is 2.28. The molecule has 4 heteroatoms. The molecule has 0 aromatic heterocycles. The Hall–Kier alpha value is -0.620. The van der Waals surface area contributed by atoms with E-state index in [1.165, 1.54) is 9.13 Å². The molecule has 2 rings (SSSR count). The van der Waals surface area contributed by atoms with Crippen molar-refractivity contribution in [2.45, 2.75) is 19.8 Å². The molecule has 1 N–H and O–H groups in total. The fraction of sp³-hybridized carbons (Fsp3) is 0.462. The highest BCUT2D eigenvalue weighted by Gasteiger charge is 2.30. The number of rotatable bonds is 3. The van der Waals surface area contributed by atoms with Crippen molar-refractivity contribution >= 4 is 34.2 Å². The summed E-state index contributed by atoms with van der Waals surface area (Å²) in [5, 5.41) is 9.14. The van der Waals surface area contributed by atoms with Crippen LogP contribution in [0.25, 0.3) is 0 Å². The number of anilines is 1. The molecule has 1 saturated heterocycles. The van der Waals surface area contributed by atoms with E-state index in [0.29, 0.717) is 13.0 Å². The molecule has 0 bridgehead atoms. The quantitative estimate of drug-likeness (QED) is 0.854. The van der Waals surface area contributed by atoms with Crippen LogP contribution in [-0.4, -0.2) is 24.2 Å². The number of amides is 1. The molecule has 0 saturated carbocycles. The lowest BCUT2D eigenvalue weighted by Crippen LogP contribution is -2.26. The first kappa shape index (κ1) is 12.8. The first-order chi connectivity index (χ1) is 8.15. The average molecular weight is 345 g/mol. The van der Waals surface area contributed by atoms with E-state index in [-0.39, 0.29) is 18.4 Å². The Bertz CT molecular complexity index is 433. The molecule has 1 aromatic rings. The second-order valence-corrected chi connectivity index (χ2v) is 5.63. The van der Waals surface area contributed by atoms with E-state index in [1.54, 1.807) is 0 Å². The van der Waals surface area contributed by atoms with Gasteiger partial charge in [-0.15, -0.1) is 0 Å². The van der Waals surface area contributed by atoms with Crippen molar-refractivity contribution in [2.75, 3.05) is 18.1 Å². The molecular weight excluding hydrogens is 329 g/mol. The maximum atomic E-state index is 11.9. The minimum atomic E-state index is 0.0893. The van der Waals surface area contributed by atoms with Crippen molar-refractivity contribution in [1.29, 1.82) is 0 Å². The molecule has 3 nitrogen and oxygen atoms in total. The lowest BCUT2D eigenvalue weighted by molar-refractivity contribution is -0.117. The van der Waals surface area contributed by atoms with Crippen molar-refractivity contribution in [3.05, 3.63) is 27.3 Å². The summed E-state index contributed by atoms with van der Waals surface area (Å²) in [6.07, 6.45) is 1.38. The summed E-state index contributed by atoms with van der Waals surface area (Å²) in [4.78, 5) is 13.7. The zero-order valence-electron chi connectivity index (χ0n) is 9.82. The minimum Gasteiger partial charge on any atom is -0.396 e. The number of halogens is 1. The van der Waals surface area contributed by atoms with E-state index in [9.17, 15) is 4.79 Å². The fourth-order valence-corrected chi connectivity index (χ4v) is 2.79. The second-order valence-electron chi connectivity index (χ2n) is 4.38. The van der Waals surface area contributed by atoms with Crippen molar-refractivity contribution in [2.24, 2.45) is 5.92 Å². The van der Waals surface area contributed by atoms with E-state index < -0.39 is 0 Å². The molecule has 1 heterocycles. The third-order valence-corrected chi connectivity index (χ3v) is 3.85. The predicted octanol–water partition coefficient (Wildman–Crippen LogP) is 2.20. The van der Waals surface area contributed by atoms with Crippen molar-refractivity contribution in [1.82, 2.24) is 0 Å². The molecule has 0 aliphatic carbocycles. The SMILES string of the molecule is CCc1cc(I)ccc1N1CC(CO)CC1=O. The number of aliphatic hydroxyl groups is 1. The molecule has 1 atom stereocenters. The maximum absolute atomic E-state index is 11.9. The standard InChI is InChI=1S/C13H16INO2/c1-2-10-6-11(14)3-4-12(10)15-7-9(8-16)5-13(15)17/h3-4,6,9,16H,2,5,7-8H2,1H3. The van der Waals surface area contributed by atoms with Gasteiger partial charge >= 0.3 is 0 Å². The zero-order chi connectivity index (χ0) is 12.4. The highest BCUT2D eigenvalue weighted by molar-refractivity contribution is 14.1. The Balaban J connectivity index is 2.31. The third-order valence-electron chi connectivity index (χ3n) is 3.18. The monoisotopic (exact) mass is 345 g/mol. The maximum Gasteiger partial charge on any atom is 0.227 e. The molecule has 1 aliphatic heterocycles. The molecule has 1 amide bonds. The van der Waals surface area contributed by atoms with Crippen molar-refractivity contribution < 1.29 is 9.90 Å². The van der Waals surface area contributed by atoms with E-state index in [2.05, 4.69) is 35.6 Å². The van der Waals surface area contributed by atoms with Gasteiger partial charge in [0, 0.05) is 34.7 Å². The highest BCUT2D eigenvalue weighted by atomic mass is 127. The minimum absolute atomic E-state index is 0.0893. The predicted molar refractivity (Wildman–Crippen MR) is 76.1 cm³/mol. The second kappa shape index (κ2) is 5.35. The first-order valence-corrected chi connectivity index (χ1v) is 6.93. The van der Waals surface area contributed by atoms with Crippen LogP contribution in [0.2, 0.25) is 0 Å². The Morgan fingerprint density at radius 1 is 1.53 bits per heavy atom. The number of benzene rings is 1. The van der Waals surface area contributed by atoms with Crippen LogP contribution in [0.4, 0.5) is 5.69 Å². The molecule has 17 heavy (non-hydrogen) atoms. The number of hydrogen-bond donors (Lipinski definition) is 1. The van der Waals surface area contributed by atoms with Crippen LogP contribution in [0.5, 0.6) is 0 Å². The number of hydrogen-bond acceptors (Lipinski definition) is 2. The summed E-state index contributed by atoms with van der Waals surface area (Å²) in [6.45, 7) is 2.83. The average Bonchev–Trinajstić information content (AvgIpc) is 2.70. The Labute approximate surface area is 115 Å². The summed E-state index contributed by atoms with van der Waals surface area (Å²) in [5.74, 6) is 0.214. The summed E-state index contributed by atoms with van der Waals surface area (Å²) in [6, 6.07) is 6.16. The van der Waals surface area contributed by atoms with Gasteiger partial charge in [0.1, 0.15) is 0 Å².